The fourth-order valence-corrected chi connectivity index (χ4v) is 3.66. The van der Waals surface area contributed by atoms with E-state index < -0.39 is 30.5 Å². The second-order valence-electron chi connectivity index (χ2n) is 4.00. The summed E-state index contributed by atoms with van der Waals surface area (Å²) in [6, 6.07) is 17.9. The maximum atomic E-state index is 12.0. The van der Waals surface area contributed by atoms with Crippen molar-refractivity contribution >= 4 is 20.0 Å². The van der Waals surface area contributed by atoms with Gasteiger partial charge in [-0.05, 0) is 12.1 Å². The Morgan fingerprint density at radius 3 is 1.38 bits per heavy atom. The molecule has 0 aromatic heterocycles. The van der Waals surface area contributed by atoms with Crippen molar-refractivity contribution < 1.29 is 30.0 Å². The summed E-state index contributed by atoms with van der Waals surface area (Å²) in [7, 11) is -10.7. The number of nitrogens with one attached hydrogen (secondary N) is 1. The Kier molecular flexibility index (Phi) is 8.11. The van der Waals surface area contributed by atoms with E-state index in [0.29, 0.717) is 4.13 Å². The molecule has 0 unspecified atom stereocenters. The molecule has 10 heteroatoms. The van der Waals surface area contributed by atoms with Crippen molar-refractivity contribution in [1.82, 2.24) is 4.13 Å². The van der Waals surface area contributed by atoms with Crippen LogP contribution >= 0.6 is 0 Å². The molecule has 5 nitrogen and oxygen atoms in total. The van der Waals surface area contributed by atoms with Gasteiger partial charge in [-0.3, -0.25) is 0 Å². The van der Waals surface area contributed by atoms with E-state index in [1.165, 1.54) is 18.2 Å². The van der Waals surface area contributed by atoms with Gasteiger partial charge < -0.3 is 0 Å². The molecule has 134 valence electrons. The molecule has 2 aromatic carbocycles. The second kappa shape index (κ2) is 8.81. The Morgan fingerprint density at radius 2 is 1.04 bits per heavy atom. The van der Waals surface area contributed by atoms with Crippen molar-refractivity contribution in [2.24, 2.45) is 0 Å². The second-order valence-corrected chi connectivity index (χ2v) is 7.62. The van der Waals surface area contributed by atoms with E-state index in [-0.39, 0.29) is 7.43 Å². The number of halogens is 3. The molecule has 0 saturated carbocycles. The van der Waals surface area contributed by atoms with Gasteiger partial charge in [0.1, 0.15) is 0 Å². The van der Waals surface area contributed by atoms with Crippen molar-refractivity contribution in [3.8, 4) is 0 Å². The van der Waals surface area contributed by atoms with Gasteiger partial charge in [-0.15, -0.1) is 0 Å². The van der Waals surface area contributed by atoms with E-state index in [1.54, 1.807) is 0 Å². The smallest absolute Gasteiger partial charge is 0.206 e. The third kappa shape index (κ3) is 6.69. The average Bonchev–Trinajstić information content (AvgIpc) is 2.48. The fraction of sp³-hybridized carbons (Fsp3) is 0.143. The molecule has 0 aliphatic carbocycles. The van der Waals surface area contributed by atoms with Gasteiger partial charge in [0.25, 0.3) is 10.0 Å². The summed E-state index contributed by atoms with van der Waals surface area (Å²) in [5.74, 6) is 0. The first-order chi connectivity index (χ1) is 10.6. The number of benzene rings is 2. The maximum absolute atomic E-state index is 12.0. The van der Waals surface area contributed by atoms with Crippen LogP contribution in [-0.2, 0) is 20.0 Å². The predicted molar refractivity (Wildman–Crippen MR) is 84.9 cm³/mol. The molecule has 0 radical (unpaired) electrons. The molecule has 1 N–H and O–H groups in total. The first-order valence-electron chi connectivity index (χ1n) is 5.96. The Hall–Kier alpha value is -1.91. The molecule has 0 amide bonds. The van der Waals surface area contributed by atoms with E-state index in [4.69, 9.17) is 0 Å². The van der Waals surface area contributed by atoms with Crippen LogP contribution in [0.25, 0.3) is 0 Å². The van der Waals surface area contributed by atoms with Gasteiger partial charge in [-0.1, -0.05) is 66.2 Å². The molecule has 0 atom stereocenters. The summed E-state index contributed by atoms with van der Waals surface area (Å²) in [4.78, 5) is -0.576. The van der Waals surface area contributed by atoms with Crippen molar-refractivity contribution in [3.63, 3.8) is 0 Å². The summed E-state index contributed by atoms with van der Waals surface area (Å²) in [6.07, 6.45) is 0. The predicted octanol–water partition coefficient (Wildman–Crippen LogP) is 3.14. The van der Waals surface area contributed by atoms with E-state index >= 15 is 0 Å². The standard InChI is InChI=1S/C7H6F3NO4S2.C6H6.CH4/c8-7(9,10)17(14,15)11-16(12,13)6-4-2-1-3-5-6;1-2-4-6-5-3-1;/h1-5,11H;1-6H;1H4. The minimum absolute atomic E-state index is 0. The van der Waals surface area contributed by atoms with Crippen LogP contribution in [0.1, 0.15) is 7.43 Å². The number of hydrogen-bond acceptors (Lipinski definition) is 4. The molecule has 0 bridgehead atoms. The van der Waals surface area contributed by atoms with Gasteiger partial charge in [-0.2, -0.15) is 13.2 Å². The third-order valence-electron chi connectivity index (χ3n) is 2.24. The van der Waals surface area contributed by atoms with Gasteiger partial charge in [-0.25, -0.2) is 16.8 Å². The Labute approximate surface area is 139 Å². The highest BCUT2D eigenvalue weighted by molar-refractivity contribution is 8.05. The summed E-state index contributed by atoms with van der Waals surface area (Å²) in [6.45, 7) is 0. The quantitative estimate of drug-likeness (QED) is 0.883. The zero-order valence-corrected chi connectivity index (χ0v) is 13.1. The average molecular weight is 383 g/mol. The van der Waals surface area contributed by atoms with Gasteiger partial charge in [0.15, 0.2) is 0 Å². The molecular formula is C14H16F3NO4S2. The molecule has 2 aromatic rings. The Balaban J connectivity index is 0.000000635. The Morgan fingerprint density at radius 1 is 0.708 bits per heavy atom. The molecule has 0 aliphatic rings. The van der Waals surface area contributed by atoms with Crippen molar-refractivity contribution in [3.05, 3.63) is 66.7 Å². The van der Waals surface area contributed by atoms with Gasteiger partial charge in [0, 0.05) is 0 Å². The Bertz CT molecular complexity index is 779. The third-order valence-corrected chi connectivity index (χ3v) is 5.50. The zero-order chi connectivity index (χ0) is 17.6. The van der Waals surface area contributed by atoms with Gasteiger partial charge in [0.05, 0.1) is 4.90 Å². The van der Waals surface area contributed by atoms with E-state index in [0.717, 1.165) is 12.1 Å². The van der Waals surface area contributed by atoms with Crippen molar-refractivity contribution in [2.75, 3.05) is 0 Å². The molecule has 0 spiro atoms. The van der Waals surface area contributed by atoms with E-state index in [9.17, 15) is 30.0 Å². The molecule has 24 heavy (non-hydrogen) atoms. The summed E-state index contributed by atoms with van der Waals surface area (Å²) < 4.78 is 80.4. The monoisotopic (exact) mass is 383 g/mol. The molecule has 2 rings (SSSR count). The normalized spacial score (nSPS) is 11.6. The largest absolute Gasteiger partial charge is 0.512 e. The van der Waals surface area contributed by atoms with Crippen molar-refractivity contribution in [1.29, 1.82) is 0 Å². The van der Waals surface area contributed by atoms with Crippen LogP contribution < -0.4 is 4.13 Å². The highest BCUT2D eigenvalue weighted by Crippen LogP contribution is 2.23. The lowest BCUT2D eigenvalue weighted by Crippen LogP contribution is -2.40. The van der Waals surface area contributed by atoms with Crippen LogP contribution in [0.5, 0.6) is 0 Å². The highest BCUT2D eigenvalue weighted by atomic mass is 32.3. The van der Waals surface area contributed by atoms with Crippen LogP contribution in [0.4, 0.5) is 13.2 Å². The zero-order valence-electron chi connectivity index (χ0n) is 11.4. The first kappa shape index (κ1) is 22.1. The molecule has 0 saturated heterocycles. The molecule has 0 heterocycles. The molecule has 0 fully saturated rings. The van der Waals surface area contributed by atoms with Crippen molar-refractivity contribution in [2.45, 2.75) is 17.8 Å². The van der Waals surface area contributed by atoms with Gasteiger partial charge in [0.2, 0.25) is 0 Å². The lowest BCUT2D eigenvalue weighted by Gasteiger charge is -2.09. The first-order valence-corrected chi connectivity index (χ1v) is 8.93. The molecule has 0 aliphatic heterocycles. The maximum Gasteiger partial charge on any atom is 0.512 e. The van der Waals surface area contributed by atoms with Gasteiger partial charge >= 0.3 is 15.5 Å². The minimum atomic E-state index is -5.94. The van der Waals surface area contributed by atoms with Crippen LogP contribution in [0.3, 0.4) is 0 Å². The van der Waals surface area contributed by atoms with E-state index in [2.05, 4.69) is 0 Å². The molecular weight excluding hydrogens is 367 g/mol. The van der Waals surface area contributed by atoms with Crippen LogP contribution in [0.15, 0.2) is 71.6 Å². The minimum Gasteiger partial charge on any atom is -0.206 e. The van der Waals surface area contributed by atoms with Crippen LogP contribution in [-0.4, -0.2) is 22.3 Å². The summed E-state index contributed by atoms with van der Waals surface area (Å²) >= 11 is 0. The topological polar surface area (TPSA) is 80.3 Å². The summed E-state index contributed by atoms with van der Waals surface area (Å²) in [5, 5.41) is 0. The lowest BCUT2D eigenvalue weighted by atomic mass is 10.4. The SMILES string of the molecule is C.O=S(=O)(NS(=O)(=O)C(F)(F)F)c1ccccc1.c1ccccc1. The van der Waals surface area contributed by atoms with E-state index in [1.807, 2.05) is 36.4 Å². The number of sulfonamides is 2. The summed E-state index contributed by atoms with van der Waals surface area (Å²) in [5.41, 5.74) is -5.69. The number of alkyl halides is 3. The lowest BCUT2D eigenvalue weighted by molar-refractivity contribution is -0.0441. The highest BCUT2D eigenvalue weighted by Gasteiger charge is 2.48. The van der Waals surface area contributed by atoms with Crippen LogP contribution in [0, 0.1) is 0 Å². The number of rotatable bonds is 3. The number of hydrogen-bond donors (Lipinski definition) is 1. The van der Waals surface area contributed by atoms with Crippen LogP contribution in [0.2, 0.25) is 0 Å². The fourth-order valence-electron chi connectivity index (χ4n) is 1.22.